The van der Waals surface area contributed by atoms with Crippen LogP contribution >= 0.6 is 0 Å². The largest absolute Gasteiger partial charge is 0.497 e. The third-order valence-corrected chi connectivity index (χ3v) is 3.93. The van der Waals surface area contributed by atoms with Crippen molar-refractivity contribution in [1.29, 1.82) is 0 Å². The molecular formula is C19H25FN4O3. The van der Waals surface area contributed by atoms with E-state index < -0.39 is 11.4 Å². The number of anilines is 2. The highest BCUT2D eigenvalue weighted by Gasteiger charge is 2.12. The van der Waals surface area contributed by atoms with Gasteiger partial charge in [-0.25, -0.2) is 4.98 Å². The Labute approximate surface area is 158 Å². The summed E-state index contributed by atoms with van der Waals surface area (Å²) in [6.07, 6.45) is 5.83. The Kier molecular flexibility index (Phi) is 7.54. The molecule has 0 radical (unpaired) electrons. The number of nitrogens with zero attached hydrogens (tertiary/aromatic N) is 2. The molecule has 1 saturated heterocycles. The summed E-state index contributed by atoms with van der Waals surface area (Å²) in [7, 11) is 1.55. The summed E-state index contributed by atoms with van der Waals surface area (Å²) in [6.45, 7) is 5.29. The Morgan fingerprint density at radius 3 is 2.78 bits per heavy atom. The number of aromatic nitrogens is 2. The quantitative estimate of drug-likeness (QED) is 0.801. The van der Waals surface area contributed by atoms with Gasteiger partial charge in [-0.05, 0) is 37.5 Å². The van der Waals surface area contributed by atoms with Gasteiger partial charge in [-0.1, -0.05) is 12.6 Å². The number of ether oxygens (including phenoxy) is 1. The maximum atomic E-state index is 12.7. The molecule has 1 aliphatic rings. The average Bonchev–Trinajstić information content (AvgIpc) is 2.71. The normalized spacial score (nSPS) is 13.2. The molecular weight excluding hydrogens is 351 g/mol. The smallest absolute Gasteiger partial charge is 0.288 e. The molecule has 8 heteroatoms. The zero-order valence-electron chi connectivity index (χ0n) is 15.2. The molecule has 0 aliphatic carbocycles. The number of hydrogen-bond donors (Lipinski definition) is 2. The number of amides is 1. The minimum absolute atomic E-state index is 0. The fourth-order valence-corrected chi connectivity index (χ4v) is 2.52. The van der Waals surface area contributed by atoms with E-state index in [9.17, 15) is 14.0 Å². The van der Waals surface area contributed by atoms with Crippen molar-refractivity contribution in [2.24, 2.45) is 0 Å². The highest BCUT2D eigenvalue weighted by atomic mass is 19.1. The summed E-state index contributed by atoms with van der Waals surface area (Å²) in [6, 6.07) is 7.06. The van der Waals surface area contributed by atoms with Crippen LogP contribution in [0.15, 0.2) is 47.9 Å². The fourth-order valence-electron chi connectivity index (χ4n) is 2.52. The number of H-pyrrole nitrogens is 1. The Morgan fingerprint density at radius 2 is 2.15 bits per heavy atom. The summed E-state index contributed by atoms with van der Waals surface area (Å²) < 4.78 is 17.7. The first-order valence-electron chi connectivity index (χ1n) is 8.60. The first-order chi connectivity index (χ1) is 13.0. The van der Waals surface area contributed by atoms with Gasteiger partial charge in [0, 0.05) is 26.3 Å². The van der Waals surface area contributed by atoms with Crippen molar-refractivity contribution in [3.05, 3.63) is 59.3 Å². The highest BCUT2D eigenvalue weighted by Crippen LogP contribution is 2.18. The predicted octanol–water partition coefficient (Wildman–Crippen LogP) is 3.09. The lowest BCUT2D eigenvalue weighted by atomic mass is 10.1. The molecule has 2 heterocycles. The van der Waals surface area contributed by atoms with Gasteiger partial charge in [-0.3, -0.25) is 14.6 Å². The molecule has 3 rings (SSSR count). The molecule has 2 N–H and O–H groups in total. The van der Waals surface area contributed by atoms with Gasteiger partial charge in [0.05, 0.1) is 13.3 Å². The Hall–Kier alpha value is -3.16. The number of benzene rings is 1. The topological polar surface area (TPSA) is 87.3 Å². The molecule has 27 heavy (non-hydrogen) atoms. The number of carbonyl (C=O) groups excluding carboxylic acids is 1. The van der Waals surface area contributed by atoms with Crippen LogP contribution < -0.4 is 15.6 Å². The minimum Gasteiger partial charge on any atom is -0.497 e. The van der Waals surface area contributed by atoms with Gasteiger partial charge in [-0.2, -0.15) is 4.39 Å². The predicted molar refractivity (Wildman–Crippen MR) is 104 cm³/mol. The number of nitrogens with one attached hydrogen (secondary N) is 2. The van der Waals surface area contributed by atoms with Crippen LogP contribution in [0.1, 0.15) is 20.7 Å². The third kappa shape index (κ3) is 6.25. The van der Waals surface area contributed by atoms with Gasteiger partial charge < -0.3 is 15.0 Å². The van der Waals surface area contributed by atoms with E-state index in [2.05, 4.69) is 21.9 Å². The molecule has 0 bridgehead atoms. The van der Waals surface area contributed by atoms with Crippen molar-refractivity contribution in [3.8, 4) is 5.75 Å². The van der Waals surface area contributed by atoms with Crippen molar-refractivity contribution >= 4 is 17.5 Å². The summed E-state index contributed by atoms with van der Waals surface area (Å²) in [5.41, 5.74) is -0.135. The molecule has 0 spiro atoms. The van der Waals surface area contributed by atoms with Crippen LogP contribution in [0.4, 0.5) is 16.0 Å². The number of rotatable bonds is 4. The second-order valence-electron chi connectivity index (χ2n) is 5.86. The zero-order valence-corrected chi connectivity index (χ0v) is 15.2. The van der Waals surface area contributed by atoms with Gasteiger partial charge in [0.2, 0.25) is 17.7 Å². The van der Waals surface area contributed by atoms with Gasteiger partial charge in [0.25, 0.3) is 5.56 Å². The first kappa shape index (κ1) is 20.2. The number of halogens is 1. The molecule has 0 unspecified atom stereocenters. The van der Waals surface area contributed by atoms with E-state index in [0.29, 0.717) is 11.4 Å². The van der Waals surface area contributed by atoms with Gasteiger partial charge in [0.1, 0.15) is 5.75 Å². The van der Waals surface area contributed by atoms with Crippen LogP contribution in [0, 0.1) is 5.82 Å². The number of hydrogen-bond acceptors (Lipinski definition) is 5. The highest BCUT2D eigenvalue weighted by molar-refractivity contribution is 5.87. The number of methoxy groups -OCH3 is 1. The van der Waals surface area contributed by atoms with Crippen LogP contribution in [0.5, 0.6) is 5.75 Å². The summed E-state index contributed by atoms with van der Waals surface area (Å²) in [5, 5.41) is 2.83. The van der Waals surface area contributed by atoms with E-state index in [1.165, 1.54) is 12.5 Å². The molecule has 7 nitrogen and oxygen atoms in total. The molecule has 146 valence electrons. The monoisotopic (exact) mass is 376 g/mol. The molecule has 1 aromatic heterocycles. The van der Waals surface area contributed by atoms with Crippen molar-refractivity contribution in [2.45, 2.75) is 19.3 Å². The van der Waals surface area contributed by atoms with Crippen LogP contribution in [0.2, 0.25) is 0 Å². The van der Waals surface area contributed by atoms with Crippen LogP contribution in [-0.4, -0.2) is 41.0 Å². The minimum atomic E-state index is -0.916. The van der Waals surface area contributed by atoms with Crippen molar-refractivity contribution < 1.29 is 15.3 Å². The number of carbonyl (C=O) groups is 1. The molecule has 0 saturated carbocycles. The van der Waals surface area contributed by atoms with Crippen molar-refractivity contribution in [2.75, 3.05) is 25.5 Å². The Bertz CT molecular complexity index is 838. The van der Waals surface area contributed by atoms with Gasteiger partial charge in [0.15, 0.2) is 0 Å². The van der Waals surface area contributed by atoms with E-state index in [4.69, 9.17) is 4.74 Å². The van der Waals surface area contributed by atoms with Crippen LogP contribution in [0.25, 0.3) is 0 Å². The second kappa shape index (κ2) is 10.1. The number of piperidine rings is 1. The lowest BCUT2D eigenvalue weighted by Crippen LogP contribution is -2.34. The third-order valence-electron chi connectivity index (χ3n) is 3.93. The Balaban J connectivity index is 0.000000307. The van der Waals surface area contributed by atoms with Crippen LogP contribution in [0.3, 0.4) is 0 Å². The fraction of sp³-hybridized carbons (Fsp3) is 0.316. The van der Waals surface area contributed by atoms with E-state index in [1.54, 1.807) is 31.4 Å². The maximum Gasteiger partial charge on any atom is 0.288 e. The lowest BCUT2D eigenvalue weighted by Gasteiger charge is -2.25. The lowest BCUT2D eigenvalue weighted by molar-refractivity contribution is -0.126. The molecule has 1 amide bonds. The molecule has 0 atom stereocenters. The van der Waals surface area contributed by atoms with Gasteiger partial charge in [-0.15, -0.1) is 0 Å². The Morgan fingerprint density at radius 1 is 1.41 bits per heavy atom. The van der Waals surface area contributed by atoms with Crippen LogP contribution in [-0.2, 0) is 4.79 Å². The van der Waals surface area contributed by atoms with E-state index in [-0.39, 0.29) is 13.3 Å². The number of likely N-dealkylation sites (tertiary alicyclic amines) is 1. The molecule has 1 fully saturated rings. The second-order valence-corrected chi connectivity index (χ2v) is 5.86. The summed E-state index contributed by atoms with van der Waals surface area (Å²) in [4.78, 5) is 29.8. The van der Waals surface area contributed by atoms with E-state index in [1.807, 2.05) is 4.90 Å². The van der Waals surface area contributed by atoms with Gasteiger partial charge >= 0.3 is 0 Å². The summed E-state index contributed by atoms with van der Waals surface area (Å²) in [5.74, 6) is 0.00463. The molecule has 2 aromatic rings. The molecule has 1 aliphatic heterocycles. The molecule has 1 aromatic carbocycles. The SMILES string of the molecule is C=CC(=O)N1CCCCC1.COc1cccc(Nc2ncc(F)c(=O)[nH]2)c1.[HH]. The van der Waals surface area contributed by atoms with E-state index in [0.717, 1.165) is 32.1 Å². The zero-order chi connectivity index (χ0) is 19.6. The average molecular weight is 376 g/mol. The van der Waals surface area contributed by atoms with E-state index >= 15 is 0 Å². The maximum absolute atomic E-state index is 12.7. The summed E-state index contributed by atoms with van der Waals surface area (Å²) >= 11 is 0. The van der Waals surface area contributed by atoms with Crippen molar-refractivity contribution in [1.82, 2.24) is 14.9 Å². The number of aromatic amines is 1. The van der Waals surface area contributed by atoms with Crippen molar-refractivity contribution in [3.63, 3.8) is 0 Å². The standard InChI is InChI=1S/C11H10FN3O2.C8H13NO.H2/c1-17-8-4-2-3-7(5-8)14-11-13-6-9(12)10(16)15-11;1-2-8(10)9-6-4-3-5-7-9;/h2-6H,1H3,(H2,13,14,15,16);2H,1,3-7H2;1H. The first-order valence-corrected chi connectivity index (χ1v) is 8.60.